The molecule has 2 aromatic rings. The molecule has 0 saturated carbocycles. The van der Waals surface area contributed by atoms with Gasteiger partial charge in [0.15, 0.2) is 6.10 Å². The lowest BCUT2D eigenvalue weighted by Crippen LogP contribution is -2.23. The van der Waals surface area contributed by atoms with Gasteiger partial charge in [-0.2, -0.15) is 0 Å². The highest BCUT2D eigenvalue weighted by molar-refractivity contribution is 6.01. The molecule has 6 heteroatoms. The van der Waals surface area contributed by atoms with Gasteiger partial charge in [-0.1, -0.05) is 12.1 Å². The first-order valence-electron chi connectivity index (χ1n) is 8.78. The molecule has 0 aliphatic heterocycles. The number of ketones is 1. The molecule has 0 amide bonds. The van der Waals surface area contributed by atoms with Gasteiger partial charge in [-0.05, 0) is 61.9 Å². The van der Waals surface area contributed by atoms with Crippen LogP contribution in [0.5, 0.6) is 5.75 Å². The van der Waals surface area contributed by atoms with Crippen LogP contribution in [0.2, 0.25) is 0 Å². The normalized spacial score (nSPS) is 11.7. The molecule has 28 heavy (non-hydrogen) atoms. The van der Waals surface area contributed by atoms with Crippen molar-refractivity contribution in [3.63, 3.8) is 0 Å². The molecule has 6 nitrogen and oxygen atoms in total. The first-order valence-corrected chi connectivity index (χ1v) is 8.78. The largest absolute Gasteiger partial charge is 0.494 e. The molecule has 2 rings (SSSR count). The summed E-state index contributed by atoms with van der Waals surface area (Å²) in [4.78, 5) is 35.7. The summed E-state index contributed by atoms with van der Waals surface area (Å²) in [6.45, 7) is 3.94. The van der Waals surface area contributed by atoms with Gasteiger partial charge in [0, 0.05) is 11.6 Å². The first kappa shape index (κ1) is 20.9. The summed E-state index contributed by atoms with van der Waals surface area (Å²) in [6, 6.07) is 13.2. The number of benzene rings is 2. The van der Waals surface area contributed by atoms with Crippen LogP contribution in [0, 0.1) is 0 Å². The van der Waals surface area contributed by atoms with Gasteiger partial charge in [0.1, 0.15) is 5.75 Å². The van der Waals surface area contributed by atoms with Crippen molar-refractivity contribution in [3.8, 4) is 5.75 Å². The Bertz CT molecular complexity index is 850. The van der Waals surface area contributed by atoms with Crippen molar-refractivity contribution in [2.75, 3.05) is 13.7 Å². The van der Waals surface area contributed by atoms with Gasteiger partial charge in [-0.15, -0.1) is 0 Å². The molecule has 0 fully saturated rings. The fourth-order valence-electron chi connectivity index (χ4n) is 2.40. The van der Waals surface area contributed by atoms with Crippen molar-refractivity contribution in [2.45, 2.75) is 20.0 Å². The van der Waals surface area contributed by atoms with Gasteiger partial charge in [0.25, 0.3) is 0 Å². The van der Waals surface area contributed by atoms with Crippen molar-refractivity contribution in [2.24, 2.45) is 0 Å². The fourth-order valence-corrected chi connectivity index (χ4v) is 2.40. The second kappa shape index (κ2) is 10.1. The van der Waals surface area contributed by atoms with Crippen molar-refractivity contribution < 1.29 is 28.6 Å². The highest BCUT2D eigenvalue weighted by atomic mass is 16.5. The molecule has 0 bridgehead atoms. The molecule has 0 unspecified atom stereocenters. The van der Waals surface area contributed by atoms with Gasteiger partial charge in [0.2, 0.25) is 5.78 Å². The Balaban J connectivity index is 1.93. The maximum atomic E-state index is 12.4. The van der Waals surface area contributed by atoms with E-state index in [1.165, 1.54) is 26.2 Å². The number of carbonyl (C=O) groups is 3. The fraction of sp³-hybridized carbons (Fsp3) is 0.227. The number of Topliss-reactive ketones (excluding diaryl/α,β-unsaturated/α-hetero) is 1. The molecule has 0 spiro atoms. The lowest BCUT2D eigenvalue weighted by Gasteiger charge is -2.11. The van der Waals surface area contributed by atoms with Gasteiger partial charge in [-0.3, -0.25) is 4.79 Å². The van der Waals surface area contributed by atoms with Crippen LogP contribution in [0.3, 0.4) is 0 Å². The highest BCUT2D eigenvalue weighted by Crippen LogP contribution is 2.15. The number of hydrogen-bond acceptors (Lipinski definition) is 6. The van der Waals surface area contributed by atoms with Crippen LogP contribution < -0.4 is 4.74 Å². The second-order valence-corrected chi connectivity index (χ2v) is 5.85. The zero-order valence-electron chi connectivity index (χ0n) is 16.0. The summed E-state index contributed by atoms with van der Waals surface area (Å²) in [6.07, 6.45) is 1.85. The third-order valence-electron chi connectivity index (χ3n) is 3.86. The number of ether oxygens (including phenoxy) is 3. The zero-order chi connectivity index (χ0) is 20.5. The molecule has 0 saturated heterocycles. The first-order chi connectivity index (χ1) is 13.4. The second-order valence-electron chi connectivity index (χ2n) is 5.85. The minimum atomic E-state index is -0.920. The summed E-state index contributed by atoms with van der Waals surface area (Å²) < 4.78 is 15.1. The molecule has 146 valence electrons. The third-order valence-corrected chi connectivity index (χ3v) is 3.86. The minimum Gasteiger partial charge on any atom is -0.494 e. The molecule has 2 aromatic carbocycles. The van der Waals surface area contributed by atoms with E-state index in [9.17, 15) is 14.4 Å². The Hall–Kier alpha value is -3.41. The van der Waals surface area contributed by atoms with Gasteiger partial charge < -0.3 is 14.2 Å². The summed E-state index contributed by atoms with van der Waals surface area (Å²) in [7, 11) is 1.31. The van der Waals surface area contributed by atoms with E-state index in [1.807, 2.05) is 6.92 Å². The molecule has 0 aliphatic carbocycles. The maximum Gasteiger partial charge on any atom is 0.337 e. The van der Waals surface area contributed by atoms with Crippen molar-refractivity contribution in [3.05, 3.63) is 71.3 Å². The van der Waals surface area contributed by atoms with Gasteiger partial charge in [0.05, 0.1) is 19.3 Å². The Kier molecular flexibility index (Phi) is 7.51. The Morgan fingerprint density at radius 3 is 2.14 bits per heavy atom. The maximum absolute atomic E-state index is 12.4. The van der Waals surface area contributed by atoms with Crippen molar-refractivity contribution in [1.29, 1.82) is 0 Å². The molecule has 0 aliphatic rings. The number of carbonyl (C=O) groups excluding carboxylic acids is 3. The number of esters is 2. The zero-order valence-corrected chi connectivity index (χ0v) is 16.0. The summed E-state index contributed by atoms with van der Waals surface area (Å²) >= 11 is 0. The van der Waals surface area contributed by atoms with E-state index in [0.717, 1.165) is 0 Å². The van der Waals surface area contributed by atoms with Crippen molar-refractivity contribution in [1.82, 2.24) is 0 Å². The number of rotatable bonds is 8. The molecule has 0 N–H and O–H groups in total. The Labute approximate surface area is 163 Å². The minimum absolute atomic E-state index is 0.299. The lowest BCUT2D eigenvalue weighted by molar-refractivity contribution is -0.140. The van der Waals surface area contributed by atoms with Gasteiger partial charge in [-0.25, -0.2) is 9.59 Å². The average Bonchev–Trinajstić information content (AvgIpc) is 2.72. The summed E-state index contributed by atoms with van der Waals surface area (Å²) in [5, 5.41) is 0. The van der Waals surface area contributed by atoms with Crippen LogP contribution in [0.4, 0.5) is 0 Å². The van der Waals surface area contributed by atoms with Crippen LogP contribution in [-0.2, 0) is 14.3 Å². The smallest absolute Gasteiger partial charge is 0.337 e. The van der Waals surface area contributed by atoms with E-state index in [0.29, 0.717) is 29.0 Å². The Morgan fingerprint density at radius 1 is 0.964 bits per heavy atom. The summed E-state index contributed by atoms with van der Waals surface area (Å²) in [5.74, 6) is -0.697. The van der Waals surface area contributed by atoms with Crippen LogP contribution in [0.1, 0.15) is 40.1 Å². The van der Waals surface area contributed by atoms with Crippen LogP contribution in [0.15, 0.2) is 54.6 Å². The van der Waals surface area contributed by atoms with E-state index in [1.54, 1.807) is 48.5 Å². The van der Waals surface area contributed by atoms with E-state index in [4.69, 9.17) is 9.47 Å². The van der Waals surface area contributed by atoms with Crippen LogP contribution in [0.25, 0.3) is 6.08 Å². The molecular weight excluding hydrogens is 360 g/mol. The van der Waals surface area contributed by atoms with E-state index < -0.39 is 18.0 Å². The quantitative estimate of drug-likeness (QED) is 0.393. The molecule has 1 atom stereocenters. The predicted molar refractivity (Wildman–Crippen MR) is 104 cm³/mol. The van der Waals surface area contributed by atoms with Crippen LogP contribution >= 0.6 is 0 Å². The standard InChI is InChI=1S/C22H22O6/c1-4-27-19-12-10-17(11-13-19)21(24)15(2)28-20(23)14-7-16-5-8-18(9-6-16)22(25)26-3/h5-15H,4H2,1-3H3/b14-7+/t15-/m0/s1. The topological polar surface area (TPSA) is 78.9 Å². The number of hydrogen-bond donors (Lipinski definition) is 0. The van der Waals surface area contributed by atoms with Crippen molar-refractivity contribution >= 4 is 23.8 Å². The van der Waals surface area contributed by atoms with Gasteiger partial charge >= 0.3 is 11.9 Å². The molecule has 0 heterocycles. The molecule has 0 aromatic heterocycles. The summed E-state index contributed by atoms with van der Waals surface area (Å²) in [5.41, 5.74) is 1.55. The van der Waals surface area contributed by atoms with E-state index >= 15 is 0 Å². The van der Waals surface area contributed by atoms with E-state index in [-0.39, 0.29) is 5.78 Å². The molecular formula is C22H22O6. The lowest BCUT2D eigenvalue weighted by atomic mass is 10.1. The monoisotopic (exact) mass is 382 g/mol. The molecule has 0 radical (unpaired) electrons. The van der Waals surface area contributed by atoms with E-state index in [2.05, 4.69) is 4.74 Å². The predicted octanol–water partition coefficient (Wildman–Crippen LogP) is 3.70. The highest BCUT2D eigenvalue weighted by Gasteiger charge is 2.18. The van der Waals surface area contributed by atoms with Crippen LogP contribution in [-0.4, -0.2) is 37.5 Å². The number of methoxy groups -OCH3 is 1. The average molecular weight is 382 g/mol. The Morgan fingerprint density at radius 2 is 1.57 bits per heavy atom. The third kappa shape index (κ3) is 5.81. The SMILES string of the molecule is CCOc1ccc(C(=O)[C@H](C)OC(=O)/C=C/c2ccc(C(=O)OC)cc2)cc1.